The van der Waals surface area contributed by atoms with Gasteiger partial charge in [-0.3, -0.25) is 14.5 Å². The van der Waals surface area contributed by atoms with Gasteiger partial charge in [0, 0.05) is 11.3 Å². The first-order chi connectivity index (χ1) is 15.3. The lowest BCUT2D eigenvalue weighted by molar-refractivity contribution is -0.123. The Morgan fingerprint density at radius 1 is 0.844 bits per heavy atom. The first-order valence-electron chi connectivity index (χ1n) is 10.3. The van der Waals surface area contributed by atoms with Crippen molar-refractivity contribution in [2.24, 2.45) is 0 Å². The van der Waals surface area contributed by atoms with Gasteiger partial charge in [-0.15, -0.1) is 0 Å². The first kappa shape index (κ1) is 20.5. The third-order valence-corrected chi connectivity index (χ3v) is 8.28. The molecule has 0 aromatic heterocycles. The summed E-state index contributed by atoms with van der Waals surface area (Å²) in [5.41, 5.74) is 4.16. The van der Waals surface area contributed by atoms with Crippen molar-refractivity contribution in [2.75, 3.05) is 15.6 Å². The average molecular weight is 447 g/mol. The number of aryl methyl sites for hydroxylation is 2. The van der Waals surface area contributed by atoms with Crippen LogP contribution in [0, 0.1) is 13.8 Å². The molecule has 3 aromatic carbocycles. The molecule has 7 heteroatoms. The van der Waals surface area contributed by atoms with Gasteiger partial charge in [-0.25, -0.2) is 8.42 Å². The third kappa shape index (κ3) is 2.74. The summed E-state index contributed by atoms with van der Waals surface area (Å²) in [5.74, 6) is -1.93. The Hall–Kier alpha value is -3.45. The fourth-order valence-corrected chi connectivity index (χ4v) is 6.65. The molecule has 2 amide bonds. The van der Waals surface area contributed by atoms with Gasteiger partial charge in [0.15, 0.2) is 9.84 Å². The normalized spacial score (nSPS) is 21.4. The molecule has 6 nitrogen and oxygen atoms in total. The van der Waals surface area contributed by atoms with Crippen molar-refractivity contribution in [1.29, 1.82) is 0 Å². The van der Waals surface area contributed by atoms with Crippen LogP contribution in [0.1, 0.15) is 22.3 Å². The van der Waals surface area contributed by atoms with Crippen molar-refractivity contribution in [2.45, 2.75) is 25.3 Å². The Labute approximate surface area is 187 Å². The van der Waals surface area contributed by atoms with Crippen molar-refractivity contribution >= 4 is 33.0 Å². The van der Waals surface area contributed by atoms with E-state index in [1.807, 2.05) is 38.1 Å². The van der Waals surface area contributed by atoms with Crippen LogP contribution in [0.15, 0.2) is 72.8 Å². The number of nitrogens with zero attached hydrogens (tertiary/aromatic N) is 2. The SMILES string of the molecule is Cc1ccc(CN2C(=O)[C@@]3(c4ccccc42)N(c2ccc(C)cc2)C(=O)CS3(=O)=O)cc1. The number of para-hydroxylation sites is 1. The Morgan fingerprint density at radius 2 is 1.44 bits per heavy atom. The molecule has 0 saturated carbocycles. The molecule has 1 spiro atoms. The zero-order valence-electron chi connectivity index (χ0n) is 17.8. The maximum Gasteiger partial charge on any atom is 0.274 e. The van der Waals surface area contributed by atoms with E-state index in [9.17, 15) is 18.0 Å². The highest BCUT2D eigenvalue weighted by molar-refractivity contribution is 7.94. The Kier molecular flexibility index (Phi) is 4.49. The largest absolute Gasteiger partial charge is 0.304 e. The fraction of sp³-hybridized carbons (Fsp3) is 0.200. The molecule has 0 aliphatic carbocycles. The minimum Gasteiger partial charge on any atom is -0.304 e. The summed E-state index contributed by atoms with van der Waals surface area (Å²) in [6.07, 6.45) is 0. The van der Waals surface area contributed by atoms with E-state index in [4.69, 9.17) is 0 Å². The molecule has 1 atom stereocenters. The highest BCUT2D eigenvalue weighted by Gasteiger charge is 2.69. The second-order valence-electron chi connectivity index (χ2n) is 8.36. The van der Waals surface area contributed by atoms with Gasteiger partial charge in [0.2, 0.25) is 5.91 Å². The van der Waals surface area contributed by atoms with E-state index >= 15 is 0 Å². The average Bonchev–Trinajstić information content (AvgIpc) is 3.13. The summed E-state index contributed by atoms with van der Waals surface area (Å²) < 4.78 is 27.1. The predicted molar refractivity (Wildman–Crippen MR) is 123 cm³/mol. The summed E-state index contributed by atoms with van der Waals surface area (Å²) in [4.78, 5) is 27.7. The third-order valence-electron chi connectivity index (χ3n) is 6.18. The smallest absolute Gasteiger partial charge is 0.274 e. The lowest BCUT2D eigenvalue weighted by Crippen LogP contribution is -2.54. The second-order valence-corrected chi connectivity index (χ2v) is 10.5. The standard InChI is InChI=1S/C25H22N2O4S/c1-17-7-11-19(12-8-17)15-26-22-6-4-3-5-21(22)25(24(26)29)27(23(28)16-32(25,30)31)20-13-9-18(2)10-14-20/h3-14H,15-16H2,1-2H3/t25-/m0/s1. The quantitative estimate of drug-likeness (QED) is 0.618. The van der Waals surface area contributed by atoms with Crippen LogP contribution in [0.4, 0.5) is 11.4 Å². The number of rotatable bonds is 3. The van der Waals surface area contributed by atoms with Crippen LogP contribution < -0.4 is 9.80 Å². The number of fused-ring (bicyclic) bond motifs is 2. The van der Waals surface area contributed by atoms with Crippen molar-refractivity contribution in [3.8, 4) is 0 Å². The van der Waals surface area contributed by atoms with Crippen molar-refractivity contribution in [3.63, 3.8) is 0 Å². The van der Waals surface area contributed by atoms with Crippen molar-refractivity contribution in [3.05, 3.63) is 95.1 Å². The van der Waals surface area contributed by atoms with Gasteiger partial charge in [-0.05, 0) is 37.6 Å². The van der Waals surface area contributed by atoms with E-state index in [-0.39, 0.29) is 6.54 Å². The molecule has 5 rings (SSSR count). The van der Waals surface area contributed by atoms with Gasteiger partial charge in [-0.2, -0.15) is 0 Å². The van der Waals surface area contributed by atoms with Crippen LogP contribution in [0.3, 0.4) is 0 Å². The molecule has 2 aliphatic heterocycles. The van der Waals surface area contributed by atoms with Crippen LogP contribution in [-0.4, -0.2) is 26.0 Å². The van der Waals surface area contributed by atoms with Crippen LogP contribution in [0.25, 0.3) is 0 Å². The van der Waals surface area contributed by atoms with Gasteiger partial charge in [0.25, 0.3) is 10.8 Å². The van der Waals surface area contributed by atoms with E-state index in [1.165, 1.54) is 9.80 Å². The second kappa shape index (κ2) is 7.03. The molecule has 0 radical (unpaired) electrons. The maximum absolute atomic E-state index is 14.0. The number of anilines is 2. The number of sulfone groups is 1. The zero-order chi connectivity index (χ0) is 22.7. The number of carbonyl (C=O) groups excluding carboxylic acids is 2. The van der Waals surface area contributed by atoms with Crippen molar-refractivity contribution < 1.29 is 18.0 Å². The monoisotopic (exact) mass is 446 g/mol. The first-order valence-corrected chi connectivity index (χ1v) is 12.0. The molecule has 2 aliphatic rings. The minimum absolute atomic E-state index is 0.212. The molecule has 0 N–H and O–H groups in total. The summed E-state index contributed by atoms with van der Waals surface area (Å²) >= 11 is 0. The molecule has 0 unspecified atom stereocenters. The van der Waals surface area contributed by atoms with Gasteiger partial charge in [0.05, 0.1) is 12.2 Å². The Bertz CT molecular complexity index is 1350. The summed E-state index contributed by atoms with van der Waals surface area (Å²) in [7, 11) is -4.15. The van der Waals surface area contributed by atoms with Crippen LogP contribution in [0.5, 0.6) is 0 Å². The number of hydrogen-bond donors (Lipinski definition) is 0. The number of benzene rings is 3. The Balaban J connectivity index is 1.72. The lowest BCUT2D eigenvalue weighted by atomic mass is 10.0. The summed E-state index contributed by atoms with van der Waals surface area (Å²) in [5, 5.41) is 0. The summed E-state index contributed by atoms with van der Waals surface area (Å²) in [6.45, 7) is 4.09. The topological polar surface area (TPSA) is 74.8 Å². The molecule has 2 heterocycles. The van der Waals surface area contributed by atoms with E-state index in [1.54, 1.807) is 48.5 Å². The van der Waals surface area contributed by atoms with Crippen molar-refractivity contribution in [1.82, 2.24) is 0 Å². The highest BCUT2D eigenvalue weighted by Crippen LogP contribution is 2.52. The highest BCUT2D eigenvalue weighted by atomic mass is 32.2. The van der Waals surface area contributed by atoms with Gasteiger partial charge >= 0.3 is 0 Å². The van der Waals surface area contributed by atoms with E-state index in [0.717, 1.165) is 16.7 Å². The molecule has 1 fully saturated rings. The molecular weight excluding hydrogens is 424 g/mol. The molecule has 32 heavy (non-hydrogen) atoms. The predicted octanol–water partition coefficient (Wildman–Crippen LogP) is 3.46. The molecule has 162 valence electrons. The number of carbonyl (C=O) groups is 2. The minimum atomic E-state index is -4.15. The van der Waals surface area contributed by atoms with Crippen LogP contribution in [-0.2, 0) is 30.8 Å². The molecule has 0 bridgehead atoms. The zero-order valence-corrected chi connectivity index (χ0v) is 18.6. The molecule has 1 saturated heterocycles. The fourth-order valence-electron chi connectivity index (χ4n) is 4.62. The van der Waals surface area contributed by atoms with E-state index in [0.29, 0.717) is 16.9 Å². The number of amides is 2. The van der Waals surface area contributed by atoms with Crippen LogP contribution in [0.2, 0.25) is 0 Å². The van der Waals surface area contributed by atoms with E-state index in [2.05, 4.69) is 0 Å². The van der Waals surface area contributed by atoms with E-state index < -0.39 is 32.3 Å². The maximum atomic E-state index is 14.0. The van der Waals surface area contributed by atoms with Gasteiger partial charge < -0.3 is 4.90 Å². The lowest BCUT2D eigenvalue weighted by Gasteiger charge is -2.32. The molecular formula is C25H22N2O4S. The molecule has 3 aromatic rings. The number of hydrogen-bond acceptors (Lipinski definition) is 4. The van der Waals surface area contributed by atoms with Gasteiger partial charge in [-0.1, -0.05) is 65.7 Å². The summed E-state index contributed by atoms with van der Waals surface area (Å²) in [6, 6.07) is 21.6. The Morgan fingerprint density at radius 3 is 2.09 bits per heavy atom. The van der Waals surface area contributed by atoms with Gasteiger partial charge in [0.1, 0.15) is 5.75 Å². The van der Waals surface area contributed by atoms with Crippen LogP contribution >= 0.6 is 0 Å².